The zero-order valence-corrected chi connectivity index (χ0v) is 17.5. The first-order valence-electron chi connectivity index (χ1n) is 8.65. The molecule has 0 rings (SSSR count). The minimum absolute atomic E-state index is 0. The van der Waals surface area contributed by atoms with Gasteiger partial charge >= 0.3 is 29.6 Å². The van der Waals surface area contributed by atoms with E-state index in [0.717, 1.165) is 12.8 Å². The van der Waals surface area contributed by atoms with Crippen molar-refractivity contribution in [2.75, 3.05) is 5.75 Å². The summed E-state index contributed by atoms with van der Waals surface area (Å²) in [6.45, 7) is 2.25. The third-order valence-corrected chi connectivity index (χ3v) is 4.29. The molecule has 0 heterocycles. The second kappa shape index (κ2) is 18.0. The van der Waals surface area contributed by atoms with Gasteiger partial charge in [-0.1, -0.05) is 89.7 Å². The Hall–Kier alpha value is 0.650. The molecule has 0 amide bonds. The third-order valence-electron chi connectivity index (χ3n) is 3.69. The molecule has 0 atom stereocenters. The number of hydrogen-bond acceptors (Lipinski definition) is 3. The molecule has 0 aliphatic carbocycles. The predicted octanol–water partition coefficient (Wildman–Crippen LogP) is 2.18. The van der Waals surface area contributed by atoms with Gasteiger partial charge in [-0.2, -0.15) is 0 Å². The minimum atomic E-state index is -4.08. The van der Waals surface area contributed by atoms with Crippen molar-refractivity contribution >= 4 is 10.1 Å². The smallest absolute Gasteiger partial charge is 0.748 e. The fourth-order valence-electron chi connectivity index (χ4n) is 2.41. The summed E-state index contributed by atoms with van der Waals surface area (Å²) >= 11 is 0. The van der Waals surface area contributed by atoms with Gasteiger partial charge in [0, 0.05) is 0 Å². The largest absolute Gasteiger partial charge is 1.00 e. The van der Waals surface area contributed by atoms with E-state index in [1.165, 1.54) is 76.7 Å². The van der Waals surface area contributed by atoms with Gasteiger partial charge in [0.05, 0.1) is 15.9 Å². The number of rotatable bonds is 15. The Morgan fingerprint density at radius 1 is 0.727 bits per heavy atom. The van der Waals surface area contributed by atoms with Crippen LogP contribution in [0.4, 0.5) is 0 Å². The molecule has 22 heavy (non-hydrogen) atoms. The Labute approximate surface area is 160 Å². The molecule has 0 bridgehead atoms. The van der Waals surface area contributed by atoms with Crippen LogP contribution >= 0.6 is 0 Å². The molecule has 0 aromatic carbocycles. The molecular weight excluding hydrogens is 307 g/mol. The van der Waals surface area contributed by atoms with E-state index >= 15 is 0 Å². The maximum Gasteiger partial charge on any atom is 1.00 e. The van der Waals surface area contributed by atoms with Crippen molar-refractivity contribution in [2.24, 2.45) is 0 Å². The Bertz CT molecular complexity index is 340. The first-order chi connectivity index (χ1) is 10.1. The molecular formula is C17H33NaO3S. The molecule has 0 fully saturated rings. The van der Waals surface area contributed by atoms with E-state index in [9.17, 15) is 13.0 Å². The van der Waals surface area contributed by atoms with Crippen molar-refractivity contribution in [3.63, 3.8) is 0 Å². The summed E-state index contributed by atoms with van der Waals surface area (Å²) in [6, 6.07) is 0. The summed E-state index contributed by atoms with van der Waals surface area (Å²) in [6.07, 6.45) is 20.0. The molecule has 0 aliphatic heterocycles. The van der Waals surface area contributed by atoms with Crippen LogP contribution in [0, 0.1) is 0 Å². The second-order valence-electron chi connectivity index (χ2n) is 5.87. The van der Waals surface area contributed by atoms with Crippen LogP contribution in [0.5, 0.6) is 0 Å². The van der Waals surface area contributed by atoms with E-state index in [4.69, 9.17) is 0 Å². The van der Waals surface area contributed by atoms with Crippen molar-refractivity contribution < 1.29 is 42.5 Å². The van der Waals surface area contributed by atoms with Crippen molar-refractivity contribution in [3.8, 4) is 0 Å². The van der Waals surface area contributed by atoms with E-state index in [0.29, 0.717) is 0 Å². The van der Waals surface area contributed by atoms with Crippen LogP contribution in [0.3, 0.4) is 0 Å². The van der Waals surface area contributed by atoms with E-state index in [2.05, 4.69) is 6.92 Å². The maximum absolute atomic E-state index is 10.4. The van der Waals surface area contributed by atoms with Gasteiger partial charge in [0.1, 0.15) is 0 Å². The van der Waals surface area contributed by atoms with E-state index < -0.39 is 10.1 Å². The van der Waals surface area contributed by atoms with Gasteiger partial charge in [-0.05, 0) is 12.8 Å². The Balaban J connectivity index is 0. The monoisotopic (exact) mass is 340 g/mol. The average Bonchev–Trinajstić information content (AvgIpc) is 2.42. The van der Waals surface area contributed by atoms with Crippen molar-refractivity contribution in [1.29, 1.82) is 0 Å². The van der Waals surface area contributed by atoms with Crippen LogP contribution in [0.1, 0.15) is 90.4 Å². The molecule has 0 aromatic heterocycles. The van der Waals surface area contributed by atoms with Crippen LogP contribution in [-0.4, -0.2) is 18.7 Å². The Morgan fingerprint density at radius 2 is 1.14 bits per heavy atom. The molecule has 0 aliphatic rings. The molecule has 126 valence electrons. The first kappa shape index (κ1) is 24.9. The number of hydrogen-bond donors (Lipinski definition) is 0. The van der Waals surface area contributed by atoms with Gasteiger partial charge < -0.3 is 4.55 Å². The van der Waals surface area contributed by atoms with Crippen molar-refractivity contribution in [1.82, 2.24) is 0 Å². The second-order valence-corrected chi connectivity index (χ2v) is 7.32. The molecule has 0 N–H and O–H groups in total. The normalized spacial score (nSPS) is 11.7. The van der Waals surface area contributed by atoms with Crippen LogP contribution in [0.2, 0.25) is 0 Å². The van der Waals surface area contributed by atoms with Gasteiger partial charge in [0.25, 0.3) is 0 Å². The minimum Gasteiger partial charge on any atom is -0.748 e. The van der Waals surface area contributed by atoms with Crippen LogP contribution < -0.4 is 29.6 Å². The zero-order valence-electron chi connectivity index (χ0n) is 14.7. The average molecular weight is 341 g/mol. The molecule has 0 unspecified atom stereocenters. The van der Waals surface area contributed by atoms with Crippen molar-refractivity contribution in [2.45, 2.75) is 90.4 Å². The quantitative estimate of drug-likeness (QED) is 0.199. The summed E-state index contributed by atoms with van der Waals surface area (Å²) in [5, 5.41) is 0. The Morgan fingerprint density at radius 3 is 1.55 bits per heavy atom. The van der Waals surface area contributed by atoms with Gasteiger partial charge in [-0.15, -0.1) is 0 Å². The van der Waals surface area contributed by atoms with Gasteiger partial charge in [0.15, 0.2) is 0 Å². The topological polar surface area (TPSA) is 57.2 Å². The summed E-state index contributed by atoms with van der Waals surface area (Å²) in [4.78, 5) is 0. The van der Waals surface area contributed by atoms with E-state index in [-0.39, 0.29) is 35.3 Å². The fraction of sp³-hybridized carbons (Fsp3) is 0.882. The first-order valence-corrected chi connectivity index (χ1v) is 10.2. The molecule has 0 aromatic rings. The number of allylic oxidation sites excluding steroid dienone is 1. The Kier molecular flexibility index (Phi) is 20.4. The van der Waals surface area contributed by atoms with Gasteiger partial charge in [-0.3, -0.25) is 0 Å². The van der Waals surface area contributed by atoms with Gasteiger partial charge in [-0.25, -0.2) is 8.42 Å². The summed E-state index contributed by atoms with van der Waals surface area (Å²) in [5.41, 5.74) is 0. The van der Waals surface area contributed by atoms with Crippen LogP contribution in [0.25, 0.3) is 0 Å². The summed E-state index contributed by atoms with van der Waals surface area (Å²) in [5.74, 6) is -0.370. The number of unbranched alkanes of at least 4 members (excludes halogenated alkanes) is 12. The molecule has 0 saturated heterocycles. The van der Waals surface area contributed by atoms with Crippen molar-refractivity contribution in [3.05, 3.63) is 12.2 Å². The van der Waals surface area contributed by atoms with Gasteiger partial charge in [0.2, 0.25) is 0 Å². The SMILES string of the molecule is CCCCCCCCCCCCCCC=CCS(=O)(=O)[O-].[Na+]. The fourth-order valence-corrected chi connectivity index (χ4v) is 2.78. The standard InChI is InChI=1S/C17H34O3S.Na/c1-2-3-4-5-6-7-8-9-10-11-12-13-14-15-16-17-21(18,19)20;/h15-16H,2-14,17H2,1H3,(H,18,19,20);/q;+1/p-1. The summed E-state index contributed by atoms with van der Waals surface area (Å²) in [7, 11) is -4.08. The van der Waals surface area contributed by atoms with Crippen LogP contribution in [0.15, 0.2) is 12.2 Å². The predicted molar refractivity (Wildman–Crippen MR) is 89.4 cm³/mol. The molecule has 0 spiro atoms. The molecule has 0 saturated carbocycles. The third kappa shape index (κ3) is 22.9. The van der Waals surface area contributed by atoms with E-state index in [1.807, 2.05) is 6.08 Å². The van der Waals surface area contributed by atoms with E-state index in [1.54, 1.807) is 0 Å². The molecule has 3 nitrogen and oxygen atoms in total. The maximum atomic E-state index is 10.4. The summed E-state index contributed by atoms with van der Waals surface area (Å²) < 4.78 is 31.1. The van der Waals surface area contributed by atoms with Crippen LogP contribution in [-0.2, 0) is 10.1 Å². The molecule has 0 radical (unpaired) electrons. The zero-order chi connectivity index (χ0) is 15.8. The molecule has 5 heteroatoms.